The molecule has 0 N–H and O–H groups in total. The third-order valence-electron chi connectivity index (χ3n) is 2.55. The molecule has 0 fully saturated rings. The Kier molecular flexibility index (Phi) is 2.81. The zero-order valence-electron chi connectivity index (χ0n) is 8.00. The monoisotopic (exact) mass is 172 g/mol. The van der Waals surface area contributed by atoms with Crippen LogP contribution in [0.25, 0.3) is 0 Å². The van der Waals surface area contributed by atoms with Gasteiger partial charge in [0.1, 0.15) is 0 Å². The van der Waals surface area contributed by atoms with Gasteiger partial charge in [0.25, 0.3) is 0 Å². The van der Waals surface area contributed by atoms with Crippen LogP contribution < -0.4 is 0 Å². The van der Waals surface area contributed by atoms with Gasteiger partial charge in [-0.3, -0.25) is 0 Å². The fraction of sp³-hybridized carbons (Fsp3) is 0.385. The van der Waals surface area contributed by atoms with Crippen molar-refractivity contribution in [1.82, 2.24) is 0 Å². The van der Waals surface area contributed by atoms with Crippen molar-refractivity contribution in [3.05, 3.63) is 47.5 Å². The third-order valence-corrected chi connectivity index (χ3v) is 2.55. The van der Waals surface area contributed by atoms with E-state index >= 15 is 0 Å². The van der Waals surface area contributed by atoms with Gasteiger partial charge in [-0.05, 0) is 37.7 Å². The molecule has 68 valence electrons. The van der Waals surface area contributed by atoms with Crippen molar-refractivity contribution in [2.24, 2.45) is 0 Å². The largest absolute Gasteiger partial charge is 0.0810 e. The highest BCUT2D eigenvalue weighted by atomic mass is 14.1. The third kappa shape index (κ3) is 3.06. The Morgan fingerprint density at radius 3 is 2.31 bits per heavy atom. The maximum absolute atomic E-state index is 2.34. The second-order valence-corrected chi connectivity index (χ2v) is 3.76. The summed E-state index contributed by atoms with van der Waals surface area (Å²) in [6.07, 6.45) is 8.91. The second kappa shape index (κ2) is 4.27. The summed E-state index contributed by atoms with van der Waals surface area (Å²) < 4.78 is 0. The van der Waals surface area contributed by atoms with Gasteiger partial charge in [-0.2, -0.15) is 0 Å². The maximum atomic E-state index is 2.34. The van der Waals surface area contributed by atoms with Gasteiger partial charge in [0.2, 0.25) is 0 Å². The zero-order valence-corrected chi connectivity index (χ0v) is 8.00. The lowest BCUT2D eigenvalue weighted by atomic mass is 10.1. The quantitative estimate of drug-likeness (QED) is 0.469. The van der Waals surface area contributed by atoms with Crippen LogP contribution >= 0.6 is 0 Å². The summed E-state index contributed by atoms with van der Waals surface area (Å²) in [7, 11) is 0. The standard InChI is InChI=1S/C13H16/c1-2-6-12(7-3-1)8-4-5-9-13-10-11-13/h1-3,6-7,10H,4-5,8-9,11H2. The van der Waals surface area contributed by atoms with Crippen LogP contribution in [0.4, 0.5) is 0 Å². The number of aryl methyl sites for hydroxylation is 1. The van der Waals surface area contributed by atoms with E-state index < -0.39 is 0 Å². The lowest BCUT2D eigenvalue weighted by molar-refractivity contribution is 0.737. The average molecular weight is 172 g/mol. The van der Waals surface area contributed by atoms with Crippen molar-refractivity contribution >= 4 is 0 Å². The van der Waals surface area contributed by atoms with Crippen molar-refractivity contribution in [2.45, 2.75) is 32.1 Å². The fourth-order valence-electron chi connectivity index (χ4n) is 1.60. The van der Waals surface area contributed by atoms with Crippen LogP contribution in [0, 0.1) is 0 Å². The van der Waals surface area contributed by atoms with Gasteiger partial charge in [-0.25, -0.2) is 0 Å². The van der Waals surface area contributed by atoms with E-state index in [1.807, 2.05) is 0 Å². The van der Waals surface area contributed by atoms with E-state index in [2.05, 4.69) is 36.4 Å². The highest BCUT2D eigenvalue weighted by Gasteiger charge is 2.05. The molecule has 0 heteroatoms. The summed E-state index contributed by atoms with van der Waals surface area (Å²) in [5.41, 5.74) is 3.15. The highest BCUT2D eigenvalue weighted by molar-refractivity contribution is 5.21. The molecule has 0 heterocycles. The number of unbranched alkanes of at least 4 members (excludes halogenated alkanes) is 1. The summed E-state index contributed by atoms with van der Waals surface area (Å²) in [5.74, 6) is 0. The van der Waals surface area contributed by atoms with Crippen molar-refractivity contribution in [1.29, 1.82) is 0 Å². The molecule has 0 radical (unpaired) electrons. The predicted octanol–water partition coefficient (Wildman–Crippen LogP) is 3.73. The van der Waals surface area contributed by atoms with Gasteiger partial charge < -0.3 is 0 Å². The lowest BCUT2D eigenvalue weighted by Gasteiger charge is -1.99. The van der Waals surface area contributed by atoms with Crippen LogP contribution in [0.2, 0.25) is 0 Å². The van der Waals surface area contributed by atoms with E-state index in [9.17, 15) is 0 Å². The number of hydrogen-bond donors (Lipinski definition) is 0. The van der Waals surface area contributed by atoms with Gasteiger partial charge in [0.05, 0.1) is 0 Å². The molecule has 0 unspecified atom stereocenters. The molecule has 1 aromatic carbocycles. The van der Waals surface area contributed by atoms with Crippen molar-refractivity contribution in [3.8, 4) is 0 Å². The highest BCUT2D eigenvalue weighted by Crippen LogP contribution is 2.24. The topological polar surface area (TPSA) is 0 Å². The molecular formula is C13H16. The zero-order chi connectivity index (χ0) is 8.93. The molecule has 1 aliphatic carbocycles. The Morgan fingerprint density at radius 1 is 0.923 bits per heavy atom. The first kappa shape index (κ1) is 8.55. The summed E-state index contributed by atoms with van der Waals surface area (Å²) >= 11 is 0. The molecule has 0 saturated heterocycles. The molecule has 0 aliphatic heterocycles. The lowest BCUT2D eigenvalue weighted by Crippen LogP contribution is -1.84. The Balaban J connectivity index is 1.64. The predicted molar refractivity (Wildman–Crippen MR) is 56.7 cm³/mol. The normalized spacial score (nSPS) is 14.0. The molecule has 0 saturated carbocycles. The number of hydrogen-bond acceptors (Lipinski definition) is 0. The van der Waals surface area contributed by atoms with Gasteiger partial charge >= 0.3 is 0 Å². The van der Waals surface area contributed by atoms with Crippen LogP contribution in [-0.2, 0) is 6.42 Å². The number of rotatable bonds is 5. The van der Waals surface area contributed by atoms with Crippen molar-refractivity contribution in [3.63, 3.8) is 0 Å². The van der Waals surface area contributed by atoms with Gasteiger partial charge in [-0.1, -0.05) is 42.0 Å². The minimum atomic E-state index is 1.24. The fourth-order valence-corrected chi connectivity index (χ4v) is 1.60. The molecule has 0 aromatic heterocycles. The average Bonchev–Trinajstić information content (AvgIpc) is 2.98. The van der Waals surface area contributed by atoms with Crippen molar-refractivity contribution in [2.75, 3.05) is 0 Å². The molecule has 13 heavy (non-hydrogen) atoms. The smallest absolute Gasteiger partial charge is 0.0136 e. The van der Waals surface area contributed by atoms with E-state index in [4.69, 9.17) is 0 Å². The van der Waals surface area contributed by atoms with E-state index in [1.165, 1.54) is 37.7 Å². The van der Waals surface area contributed by atoms with Gasteiger partial charge in [-0.15, -0.1) is 0 Å². The van der Waals surface area contributed by atoms with E-state index in [-0.39, 0.29) is 0 Å². The van der Waals surface area contributed by atoms with Crippen LogP contribution in [0.3, 0.4) is 0 Å². The molecule has 0 amide bonds. The molecule has 1 aromatic rings. The Morgan fingerprint density at radius 2 is 1.62 bits per heavy atom. The first-order chi connectivity index (χ1) is 6.45. The van der Waals surface area contributed by atoms with E-state index in [0.717, 1.165) is 0 Å². The molecule has 0 nitrogen and oxygen atoms in total. The molecule has 1 aliphatic rings. The Bertz CT molecular complexity index is 282. The summed E-state index contributed by atoms with van der Waals surface area (Å²) in [6, 6.07) is 10.8. The maximum Gasteiger partial charge on any atom is -0.0136 e. The van der Waals surface area contributed by atoms with E-state index in [0.29, 0.717) is 0 Å². The molecule has 0 spiro atoms. The SMILES string of the molecule is C1=C(CCCCc2ccccc2)C1. The van der Waals surface area contributed by atoms with Crippen LogP contribution in [-0.4, -0.2) is 0 Å². The Hall–Kier alpha value is -1.04. The molecule has 0 atom stereocenters. The summed E-state index contributed by atoms with van der Waals surface area (Å²) in [4.78, 5) is 0. The number of allylic oxidation sites excluding steroid dienone is 2. The van der Waals surface area contributed by atoms with Crippen molar-refractivity contribution < 1.29 is 0 Å². The first-order valence-electron chi connectivity index (χ1n) is 5.17. The summed E-state index contributed by atoms with van der Waals surface area (Å²) in [5, 5.41) is 0. The second-order valence-electron chi connectivity index (χ2n) is 3.76. The van der Waals surface area contributed by atoms with Crippen LogP contribution in [0.5, 0.6) is 0 Å². The Labute approximate surface area is 80.3 Å². The first-order valence-corrected chi connectivity index (χ1v) is 5.17. The minimum Gasteiger partial charge on any atom is -0.0810 e. The number of benzene rings is 1. The van der Waals surface area contributed by atoms with Gasteiger partial charge in [0, 0.05) is 0 Å². The summed E-state index contributed by atoms with van der Waals surface area (Å²) in [6.45, 7) is 0. The van der Waals surface area contributed by atoms with Gasteiger partial charge in [0.15, 0.2) is 0 Å². The minimum absolute atomic E-state index is 1.24. The van der Waals surface area contributed by atoms with Crippen LogP contribution in [0.1, 0.15) is 31.2 Å². The van der Waals surface area contributed by atoms with E-state index in [1.54, 1.807) is 5.57 Å². The van der Waals surface area contributed by atoms with Crippen LogP contribution in [0.15, 0.2) is 42.0 Å². The molecular weight excluding hydrogens is 156 g/mol. The molecule has 2 rings (SSSR count). The molecule has 0 bridgehead atoms.